The largest absolute Gasteiger partial charge is 0.320 e. The van der Waals surface area contributed by atoms with Crippen LogP contribution in [0.25, 0.3) is 0 Å². The molecule has 1 aromatic heterocycles. The van der Waals surface area contributed by atoms with E-state index in [2.05, 4.69) is 11.1 Å². The fraction of sp³-hybridized carbons (Fsp3) is 0.667. The van der Waals surface area contributed by atoms with Gasteiger partial charge in [-0.05, 0) is 26.7 Å². The molecule has 0 aromatic carbocycles. The fourth-order valence-electron chi connectivity index (χ4n) is 2.10. The van der Waals surface area contributed by atoms with E-state index in [4.69, 9.17) is 11.0 Å². The average Bonchev–Trinajstić information content (AvgIpc) is 2.86. The molecule has 16 heavy (non-hydrogen) atoms. The zero-order valence-corrected chi connectivity index (χ0v) is 10.6. The van der Waals surface area contributed by atoms with Gasteiger partial charge in [-0.3, -0.25) is 0 Å². The summed E-state index contributed by atoms with van der Waals surface area (Å²) in [7, 11) is 0. The summed E-state index contributed by atoms with van der Waals surface area (Å²) in [4.78, 5) is 4.58. The highest BCUT2D eigenvalue weighted by Gasteiger charge is 2.35. The average molecular weight is 235 g/mol. The molecule has 0 radical (unpaired) electrons. The number of rotatable bonds is 2. The molecule has 1 heterocycles. The molecule has 1 fully saturated rings. The Kier molecular flexibility index (Phi) is 2.77. The second-order valence-electron chi connectivity index (χ2n) is 5.14. The maximum absolute atomic E-state index is 9.07. The topological polar surface area (TPSA) is 62.7 Å². The molecule has 86 valence electrons. The lowest BCUT2D eigenvalue weighted by Crippen LogP contribution is -2.33. The first-order valence-corrected chi connectivity index (χ1v) is 6.52. The predicted molar refractivity (Wildman–Crippen MR) is 65.1 cm³/mol. The van der Waals surface area contributed by atoms with E-state index < -0.39 is 5.41 Å². The van der Waals surface area contributed by atoms with Gasteiger partial charge in [0.1, 0.15) is 10.4 Å². The number of nitrogens with two attached hydrogens (primary N) is 1. The predicted octanol–water partition coefficient (Wildman–Crippen LogP) is 2.67. The SMILES string of the molecule is CC(C)(C#N)c1nc(C2(N)CCCC2)cs1. The third-order valence-corrected chi connectivity index (χ3v) is 4.49. The molecule has 0 atom stereocenters. The summed E-state index contributed by atoms with van der Waals surface area (Å²) in [5, 5.41) is 12.0. The molecule has 3 nitrogen and oxygen atoms in total. The van der Waals surface area contributed by atoms with E-state index in [0.717, 1.165) is 23.5 Å². The van der Waals surface area contributed by atoms with Crippen molar-refractivity contribution in [1.82, 2.24) is 4.98 Å². The third kappa shape index (κ3) is 1.85. The molecule has 0 amide bonds. The second-order valence-corrected chi connectivity index (χ2v) is 6.00. The number of hydrogen-bond acceptors (Lipinski definition) is 4. The molecule has 0 bridgehead atoms. The monoisotopic (exact) mass is 235 g/mol. The highest BCUT2D eigenvalue weighted by molar-refractivity contribution is 7.09. The van der Waals surface area contributed by atoms with Gasteiger partial charge < -0.3 is 5.73 Å². The van der Waals surface area contributed by atoms with Crippen molar-refractivity contribution in [1.29, 1.82) is 5.26 Å². The lowest BCUT2D eigenvalue weighted by molar-refractivity contribution is 0.447. The van der Waals surface area contributed by atoms with Crippen LogP contribution < -0.4 is 5.73 Å². The fourth-order valence-corrected chi connectivity index (χ4v) is 3.10. The van der Waals surface area contributed by atoms with Crippen molar-refractivity contribution in [3.05, 3.63) is 16.1 Å². The van der Waals surface area contributed by atoms with Crippen LogP contribution in [0.1, 0.15) is 50.2 Å². The van der Waals surface area contributed by atoms with E-state index in [1.807, 2.05) is 19.2 Å². The highest BCUT2D eigenvalue weighted by atomic mass is 32.1. The molecule has 0 aliphatic heterocycles. The van der Waals surface area contributed by atoms with Crippen LogP contribution in [0.2, 0.25) is 0 Å². The summed E-state index contributed by atoms with van der Waals surface area (Å²) >= 11 is 1.55. The highest BCUT2D eigenvalue weighted by Crippen LogP contribution is 2.38. The molecule has 0 saturated heterocycles. The van der Waals surface area contributed by atoms with E-state index in [1.165, 1.54) is 12.8 Å². The molecular weight excluding hydrogens is 218 g/mol. The van der Waals surface area contributed by atoms with E-state index in [0.29, 0.717) is 0 Å². The number of aromatic nitrogens is 1. The zero-order valence-electron chi connectivity index (χ0n) is 9.79. The van der Waals surface area contributed by atoms with E-state index >= 15 is 0 Å². The van der Waals surface area contributed by atoms with Gasteiger partial charge in [-0.15, -0.1) is 11.3 Å². The summed E-state index contributed by atoms with van der Waals surface area (Å²) in [6, 6.07) is 2.28. The Morgan fingerprint density at radius 3 is 2.69 bits per heavy atom. The first kappa shape index (κ1) is 11.6. The number of thiazole rings is 1. The molecule has 1 aromatic rings. The van der Waals surface area contributed by atoms with Crippen LogP contribution in [0, 0.1) is 11.3 Å². The van der Waals surface area contributed by atoms with Gasteiger partial charge in [0.15, 0.2) is 0 Å². The summed E-state index contributed by atoms with van der Waals surface area (Å²) in [5.41, 5.74) is 6.58. The number of nitrogens with zero attached hydrogens (tertiary/aromatic N) is 2. The maximum Gasteiger partial charge on any atom is 0.113 e. The Morgan fingerprint density at radius 2 is 2.12 bits per heavy atom. The lowest BCUT2D eigenvalue weighted by atomic mass is 9.94. The minimum atomic E-state index is -0.502. The molecule has 1 aliphatic carbocycles. The van der Waals surface area contributed by atoms with Crippen molar-refractivity contribution < 1.29 is 0 Å². The molecule has 2 N–H and O–H groups in total. The van der Waals surface area contributed by atoms with Crippen LogP contribution in [-0.4, -0.2) is 4.98 Å². The summed E-state index contributed by atoms with van der Waals surface area (Å²) in [5.74, 6) is 0. The van der Waals surface area contributed by atoms with E-state index in [9.17, 15) is 0 Å². The Labute approximate surface area is 100 Å². The van der Waals surface area contributed by atoms with Gasteiger partial charge in [0.05, 0.1) is 17.3 Å². The summed E-state index contributed by atoms with van der Waals surface area (Å²) < 4.78 is 0. The van der Waals surface area contributed by atoms with Crippen LogP contribution in [0.15, 0.2) is 5.38 Å². The van der Waals surface area contributed by atoms with Crippen molar-refractivity contribution in [2.75, 3.05) is 0 Å². The molecule has 4 heteroatoms. The number of nitriles is 1. The first-order chi connectivity index (χ1) is 7.48. The smallest absolute Gasteiger partial charge is 0.113 e. The molecule has 1 aliphatic rings. The Bertz CT molecular complexity index is 422. The maximum atomic E-state index is 9.07. The van der Waals surface area contributed by atoms with Gasteiger partial charge in [-0.2, -0.15) is 5.26 Å². The van der Waals surface area contributed by atoms with Crippen molar-refractivity contribution in [2.24, 2.45) is 5.73 Å². The Balaban J connectivity index is 2.30. The van der Waals surface area contributed by atoms with Crippen LogP contribution in [-0.2, 0) is 11.0 Å². The van der Waals surface area contributed by atoms with Crippen molar-refractivity contribution in [3.63, 3.8) is 0 Å². The standard InChI is InChI=1S/C12H17N3S/c1-11(2,8-13)10-15-9(7-16-10)12(14)5-3-4-6-12/h7H,3-6,14H2,1-2H3. The van der Waals surface area contributed by atoms with E-state index in [-0.39, 0.29) is 5.54 Å². The number of hydrogen-bond donors (Lipinski definition) is 1. The van der Waals surface area contributed by atoms with Gasteiger partial charge in [-0.25, -0.2) is 4.98 Å². The van der Waals surface area contributed by atoms with Gasteiger partial charge in [0, 0.05) is 5.38 Å². The van der Waals surface area contributed by atoms with Crippen LogP contribution in [0.5, 0.6) is 0 Å². The lowest BCUT2D eigenvalue weighted by Gasteiger charge is -2.21. The van der Waals surface area contributed by atoms with Crippen molar-refractivity contribution in [2.45, 2.75) is 50.5 Å². The summed E-state index contributed by atoms with van der Waals surface area (Å²) in [6.45, 7) is 3.79. The van der Waals surface area contributed by atoms with Gasteiger partial charge in [0.2, 0.25) is 0 Å². The van der Waals surface area contributed by atoms with Gasteiger partial charge in [-0.1, -0.05) is 12.8 Å². The van der Waals surface area contributed by atoms with Gasteiger partial charge in [0.25, 0.3) is 0 Å². The van der Waals surface area contributed by atoms with Crippen LogP contribution >= 0.6 is 11.3 Å². The van der Waals surface area contributed by atoms with Crippen molar-refractivity contribution in [3.8, 4) is 6.07 Å². The van der Waals surface area contributed by atoms with Crippen LogP contribution in [0.4, 0.5) is 0 Å². The second kappa shape index (κ2) is 3.83. The zero-order chi connectivity index (χ0) is 11.8. The van der Waals surface area contributed by atoms with E-state index in [1.54, 1.807) is 11.3 Å². The first-order valence-electron chi connectivity index (χ1n) is 5.65. The molecule has 0 spiro atoms. The normalized spacial score (nSPS) is 19.6. The van der Waals surface area contributed by atoms with Gasteiger partial charge >= 0.3 is 0 Å². The molecule has 0 unspecified atom stereocenters. The Morgan fingerprint density at radius 1 is 1.50 bits per heavy atom. The molecule has 1 saturated carbocycles. The van der Waals surface area contributed by atoms with Crippen LogP contribution in [0.3, 0.4) is 0 Å². The third-order valence-electron chi connectivity index (χ3n) is 3.32. The minimum absolute atomic E-state index is 0.236. The molecular formula is C12H17N3S. The minimum Gasteiger partial charge on any atom is -0.320 e. The summed E-state index contributed by atoms with van der Waals surface area (Å²) in [6.07, 6.45) is 4.41. The Hall–Kier alpha value is -0.920. The molecule has 2 rings (SSSR count). The quantitative estimate of drug-likeness (QED) is 0.857. The van der Waals surface area contributed by atoms with Crippen molar-refractivity contribution >= 4 is 11.3 Å².